The third kappa shape index (κ3) is 4.38. The first-order chi connectivity index (χ1) is 13.0. The Morgan fingerprint density at radius 2 is 1.85 bits per heavy atom. The predicted octanol–water partition coefficient (Wildman–Crippen LogP) is 4.59. The predicted molar refractivity (Wildman–Crippen MR) is 109 cm³/mol. The SMILES string of the molecule is C/C(=N/NC(=O)Cc1ccc(Br)c2ccccc12)c1cccc([N+](=O)[O-])c1. The van der Waals surface area contributed by atoms with Crippen LogP contribution in [-0.2, 0) is 11.2 Å². The summed E-state index contributed by atoms with van der Waals surface area (Å²) in [4.78, 5) is 22.7. The molecule has 0 aromatic heterocycles. The molecule has 3 aromatic rings. The molecule has 0 fully saturated rings. The number of carbonyl (C=O) groups excluding carboxylic acids is 1. The van der Waals surface area contributed by atoms with Gasteiger partial charge in [-0.05, 0) is 29.3 Å². The van der Waals surface area contributed by atoms with Gasteiger partial charge in [0.05, 0.1) is 17.1 Å². The molecule has 6 nitrogen and oxygen atoms in total. The third-order valence-electron chi connectivity index (χ3n) is 4.14. The molecule has 1 N–H and O–H groups in total. The molecule has 0 saturated carbocycles. The fraction of sp³-hybridized carbons (Fsp3) is 0.100. The van der Waals surface area contributed by atoms with Crippen molar-refractivity contribution in [3.05, 3.63) is 86.4 Å². The summed E-state index contributed by atoms with van der Waals surface area (Å²) in [5.74, 6) is -0.257. The number of amides is 1. The Morgan fingerprint density at radius 1 is 1.11 bits per heavy atom. The number of carbonyl (C=O) groups is 1. The average molecular weight is 426 g/mol. The molecule has 0 radical (unpaired) electrons. The maximum Gasteiger partial charge on any atom is 0.270 e. The molecular formula is C20H16BrN3O3. The van der Waals surface area contributed by atoms with Crippen LogP contribution in [0.2, 0.25) is 0 Å². The summed E-state index contributed by atoms with van der Waals surface area (Å²) in [6.07, 6.45) is 0.180. The Morgan fingerprint density at radius 3 is 2.59 bits per heavy atom. The fourth-order valence-electron chi connectivity index (χ4n) is 2.75. The molecule has 0 aliphatic rings. The lowest BCUT2D eigenvalue weighted by Gasteiger charge is -2.08. The Labute approximate surface area is 164 Å². The number of nitro groups is 1. The number of benzene rings is 3. The average Bonchev–Trinajstić information content (AvgIpc) is 2.68. The van der Waals surface area contributed by atoms with Crippen molar-refractivity contribution in [2.45, 2.75) is 13.3 Å². The van der Waals surface area contributed by atoms with Crippen molar-refractivity contribution in [1.82, 2.24) is 5.43 Å². The molecule has 0 aliphatic carbocycles. The van der Waals surface area contributed by atoms with Crippen LogP contribution in [0.4, 0.5) is 5.69 Å². The van der Waals surface area contributed by atoms with Gasteiger partial charge in [0.15, 0.2) is 0 Å². The highest BCUT2D eigenvalue weighted by molar-refractivity contribution is 9.10. The summed E-state index contributed by atoms with van der Waals surface area (Å²) in [6.45, 7) is 1.69. The summed E-state index contributed by atoms with van der Waals surface area (Å²) in [5.41, 5.74) is 4.48. The quantitative estimate of drug-likeness (QED) is 0.368. The number of fused-ring (bicyclic) bond motifs is 1. The molecule has 27 heavy (non-hydrogen) atoms. The van der Waals surface area contributed by atoms with Crippen LogP contribution in [0.15, 0.2) is 70.2 Å². The molecule has 1 amide bonds. The minimum Gasteiger partial charge on any atom is -0.273 e. The van der Waals surface area contributed by atoms with Gasteiger partial charge in [-0.1, -0.05) is 58.4 Å². The van der Waals surface area contributed by atoms with Gasteiger partial charge >= 0.3 is 0 Å². The molecular weight excluding hydrogens is 410 g/mol. The standard InChI is InChI=1S/C20H16BrN3O3/c1-13(14-5-4-6-16(11-14)24(26)27)22-23-20(25)12-15-9-10-19(21)18-8-3-2-7-17(15)18/h2-11H,12H2,1H3,(H,23,25)/b22-13-. The van der Waals surface area contributed by atoms with Crippen LogP contribution in [0.5, 0.6) is 0 Å². The van der Waals surface area contributed by atoms with E-state index in [2.05, 4.69) is 26.5 Å². The second-order valence-electron chi connectivity index (χ2n) is 5.97. The monoisotopic (exact) mass is 425 g/mol. The summed E-state index contributed by atoms with van der Waals surface area (Å²) in [5, 5.41) is 17.0. The number of halogens is 1. The van der Waals surface area contributed by atoms with E-state index in [4.69, 9.17) is 0 Å². The molecule has 136 valence electrons. The van der Waals surface area contributed by atoms with E-state index in [9.17, 15) is 14.9 Å². The Kier molecular flexibility index (Phi) is 5.61. The molecule has 0 unspecified atom stereocenters. The normalized spacial score (nSPS) is 11.4. The van der Waals surface area contributed by atoms with Gasteiger partial charge in [0, 0.05) is 22.2 Å². The highest BCUT2D eigenvalue weighted by Crippen LogP contribution is 2.27. The Hall–Kier alpha value is -3.06. The topological polar surface area (TPSA) is 84.6 Å². The molecule has 0 aliphatic heterocycles. The van der Waals surface area contributed by atoms with Gasteiger partial charge < -0.3 is 0 Å². The first-order valence-electron chi connectivity index (χ1n) is 8.20. The van der Waals surface area contributed by atoms with Crippen molar-refractivity contribution in [1.29, 1.82) is 0 Å². The largest absolute Gasteiger partial charge is 0.273 e. The highest BCUT2D eigenvalue weighted by Gasteiger charge is 2.10. The zero-order valence-electron chi connectivity index (χ0n) is 14.5. The van der Waals surface area contributed by atoms with Gasteiger partial charge in [-0.3, -0.25) is 14.9 Å². The minimum absolute atomic E-state index is 0.0188. The maximum atomic E-state index is 12.3. The van der Waals surface area contributed by atoms with Gasteiger partial charge in [0.1, 0.15) is 0 Å². The van der Waals surface area contributed by atoms with E-state index in [0.717, 1.165) is 20.8 Å². The van der Waals surface area contributed by atoms with Gasteiger partial charge in [-0.2, -0.15) is 5.10 Å². The summed E-state index contributed by atoms with van der Waals surface area (Å²) < 4.78 is 0.974. The number of hydrogen-bond donors (Lipinski definition) is 1. The van der Waals surface area contributed by atoms with E-state index in [-0.39, 0.29) is 18.0 Å². The van der Waals surface area contributed by atoms with Crippen LogP contribution in [0.25, 0.3) is 10.8 Å². The zero-order chi connectivity index (χ0) is 19.4. The second-order valence-corrected chi connectivity index (χ2v) is 6.82. The maximum absolute atomic E-state index is 12.3. The lowest BCUT2D eigenvalue weighted by molar-refractivity contribution is -0.384. The lowest BCUT2D eigenvalue weighted by atomic mass is 10.0. The van der Waals surface area contributed by atoms with Crippen molar-refractivity contribution in [3.8, 4) is 0 Å². The smallest absolute Gasteiger partial charge is 0.270 e. The van der Waals surface area contributed by atoms with Gasteiger partial charge in [-0.25, -0.2) is 5.43 Å². The van der Waals surface area contributed by atoms with E-state index >= 15 is 0 Å². The van der Waals surface area contributed by atoms with Crippen LogP contribution >= 0.6 is 15.9 Å². The molecule has 3 aromatic carbocycles. The number of nitrogens with zero attached hydrogens (tertiary/aromatic N) is 2. The van der Waals surface area contributed by atoms with Crippen molar-refractivity contribution >= 4 is 44.0 Å². The van der Waals surface area contributed by atoms with Gasteiger partial charge in [0.25, 0.3) is 5.69 Å². The van der Waals surface area contributed by atoms with E-state index in [0.29, 0.717) is 11.3 Å². The van der Waals surface area contributed by atoms with Crippen LogP contribution in [0.1, 0.15) is 18.1 Å². The van der Waals surface area contributed by atoms with Crippen LogP contribution < -0.4 is 5.43 Å². The summed E-state index contributed by atoms with van der Waals surface area (Å²) in [6, 6.07) is 17.8. The third-order valence-corrected chi connectivity index (χ3v) is 4.83. The number of nitrogens with one attached hydrogen (secondary N) is 1. The van der Waals surface area contributed by atoms with Crippen LogP contribution in [0.3, 0.4) is 0 Å². The first-order valence-corrected chi connectivity index (χ1v) is 8.99. The molecule has 7 heteroatoms. The van der Waals surface area contributed by atoms with Crippen molar-refractivity contribution in [3.63, 3.8) is 0 Å². The lowest BCUT2D eigenvalue weighted by Crippen LogP contribution is -2.21. The minimum atomic E-state index is -0.464. The van der Waals surface area contributed by atoms with E-state index in [1.54, 1.807) is 19.1 Å². The van der Waals surface area contributed by atoms with Crippen LogP contribution in [-0.4, -0.2) is 16.5 Å². The second kappa shape index (κ2) is 8.09. The highest BCUT2D eigenvalue weighted by atomic mass is 79.9. The van der Waals surface area contributed by atoms with Crippen molar-refractivity contribution in [2.24, 2.45) is 5.10 Å². The van der Waals surface area contributed by atoms with E-state index in [1.807, 2.05) is 36.4 Å². The zero-order valence-corrected chi connectivity index (χ0v) is 16.1. The summed E-state index contributed by atoms with van der Waals surface area (Å²) >= 11 is 3.52. The molecule has 0 bridgehead atoms. The van der Waals surface area contributed by atoms with Gasteiger partial charge in [0.2, 0.25) is 5.91 Å². The molecule has 3 rings (SSSR count). The number of hydrazone groups is 1. The molecule has 0 heterocycles. The van der Waals surface area contributed by atoms with Crippen LogP contribution in [0, 0.1) is 10.1 Å². The number of rotatable bonds is 5. The van der Waals surface area contributed by atoms with E-state index < -0.39 is 4.92 Å². The molecule has 0 spiro atoms. The molecule has 0 saturated heterocycles. The van der Waals surface area contributed by atoms with E-state index in [1.165, 1.54) is 12.1 Å². The first kappa shape index (κ1) is 18.7. The number of non-ortho nitro benzene ring substituents is 1. The van der Waals surface area contributed by atoms with Gasteiger partial charge in [-0.15, -0.1) is 0 Å². The van der Waals surface area contributed by atoms with Crippen molar-refractivity contribution in [2.75, 3.05) is 0 Å². The Balaban J connectivity index is 1.75. The number of hydrogen-bond acceptors (Lipinski definition) is 4. The molecule has 0 atom stereocenters. The van der Waals surface area contributed by atoms with Crippen molar-refractivity contribution < 1.29 is 9.72 Å². The summed E-state index contributed by atoms with van der Waals surface area (Å²) in [7, 11) is 0. The number of nitro benzene ring substituents is 1. The Bertz CT molecular complexity index is 1060. The fourth-order valence-corrected chi connectivity index (χ4v) is 3.22.